The summed E-state index contributed by atoms with van der Waals surface area (Å²) >= 11 is 0. The summed E-state index contributed by atoms with van der Waals surface area (Å²) in [6.45, 7) is 6.16. The number of nitrogens with two attached hydrogens (primary N) is 1. The van der Waals surface area contributed by atoms with Crippen molar-refractivity contribution < 1.29 is 19.1 Å². The summed E-state index contributed by atoms with van der Waals surface area (Å²) in [5.41, 5.74) is 10.2. The lowest BCUT2D eigenvalue weighted by molar-refractivity contribution is -0.120. The van der Waals surface area contributed by atoms with Crippen molar-refractivity contribution in [3.05, 3.63) is 64.8 Å². The Balaban J connectivity index is 1.72. The summed E-state index contributed by atoms with van der Waals surface area (Å²) in [6.07, 6.45) is 2.09. The van der Waals surface area contributed by atoms with Gasteiger partial charge in [-0.15, -0.1) is 0 Å². The summed E-state index contributed by atoms with van der Waals surface area (Å²) in [7, 11) is 0. The number of carbonyl (C=O) groups excluding carboxylic acids is 2. The first-order chi connectivity index (χ1) is 15.4. The van der Waals surface area contributed by atoms with Crippen LogP contribution in [-0.4, -0.2) is 34.8 Å². The number of primary amides is 1. The van der Waals surface area contributed by atoms with Crippen molar-refractivity contribution in [1.29, 1.82) is 0 Å². The molecule has 8 heteroatoms. The topological polar surface area (TPSA) is 108 Å². The molecule has 1 unspecified atom stereocenters. The molecule has 2 aromatic carbocycles. The maximum atomic E-state index is 12.6. The average Bonchev–Trinajstić information content (AvgIpc) is 3.18. The molecule has 0 radical (unpaired) electrons. The van der Waals surface area contributed by atoms with Crippen molar-refractivity contribution in [3.63, 3.8) is 0 Å². The van der Waals surface area contributed by atoms with Crippen molar-refractivity contribution in [1.82, 2.24) is 9.78 Å². The Labute approximate surface area is 186 Å². The summed E-state index contributed by atoms with van der Waals surface area (Å²) in [5, 5.41) is 7.55. The van der Waals surface area contributed by atoms with Gasteiger partial charge in [-0.05, 0) is 61.7 Å². The van der Waals surface area contributed by atoms with Crippen LogP contribution >= 0.6 is 0 Å². The number of benzene rings is 2. The monoisotopic (exact) mass is 434 g/mol. The van der Waals surface area contributed by atoms with Crippen LogP contribution in [0.4, 0.5) is 5.82 Å². The Morgan fingerprint density at radius 3 is 2.69 bits per heavy atom. The molecule has 0 bridgehead atoms. The van der Waals surface area contributed by atoms with Crippen molar-refractivity contribution in [2.24, 2.45) is 5.73 Å². The standard InChI is InChI=1S/C24H26N4O4/c1-4-31-21-10-16(6-8-20(21)32-13-22(25)29)18-11-23(30)27-24-19(18)12-26-28(24)17-7-5-14(2)15(3)9-17/h5-10,12,18H,4,11,13H2,1-3H3,(H2,25,29)(H,27,30). The number of nitrogens with one attached hydrogen (secondary N) is 1. The van der Waals surface area contributed by atoms with Crippen molar-refractivity contribution >= 4 is 17.6 Å². The second-order valence-electron chi connectivity index (χ2n) is 7.83. The Morgan fingerprint density at radius 2 is 1.97 bits per heavy atom. The summed E-state index contributed by atoms with van der Waals surface area (Å²) in [4.78, 5) is 23.7. The van der Waals surface area contributed by atoms with E-state index in [2.05, 4.69) is 23.4 Å². The number of anilines is 1. The van der Waals surface area contributed by atoms with Crippen LogP contribution in [0.25, 0.3) is 5.69 Å². The lowest BCUT2D eigenvalue weighted by Gasteiger charge is -2.24. The molecule has 0 saturated carbocycles. The fraction of sp³-hybridized carbons (Fsp3) is 0.292. The first-order valence-corrected chi connectivity index (χ1v) is 10.5. The van der Waals surface area contributed by atoms with Gasteiger partial charge in [0.05, 0.1) is 18.5 Å². The van der Waals surface area contributed by atoms with E-state index >= 15 is 0 Å². The molecule has 4 rings (SSSR count). The third-order valence-corrected chi connectivity index (χ3v) is 5.60. The van der Waals surface area contributed by atoms with E-state index in [-0.39, 0.29) is 18.4 Å². The van der Waals surface area contributed by atoms with E-state index in [0.717, 1.165) is 22.4 Å². The van der Waals surface area contributed by atoms with Gasteiger partial charge in [-0.3, -0.25) is 9.59 Å². The number of rotatable bonds is 7. The number of aryl methyl sites for hydroxylation is 2. The number of amides is 2. The van der Waals surface area contributed by atoms with E-state index in [0.29, 0.717) is 30.3 Å². The van der Waals surface area contributed by atoms with Gasteiger partial charge in [-0.2, -0.15) is 5.10 Å². The van der Waals surface area contributed by atoms with E-state index in [9.17, 15) is 9.59 Å². The molecule has 2 heterocycles. The van der Waals surface area contributed by atoms with Crippen LogP contribution in [0.3, 0.4) is 0 Å². The molecule has 0 saturated heterocycles. The van der Waals surface area contributed by atoms with Crippen LogP contribution < -0.4 is 20.5 Å². The van der Waals surface area contributed by atoms with Crippen molar-refractivity contribution in [2.75, 3.05) is 18.5 Å². The van der Waals surface area contributed by atoms with Crippen LogP contribution in [0.2, 0.25) is 0 Å². The highest BCUT2D eigenvalue weighted by Gasteiger charge is 2.31. The van der Waals surface area contributed by atoms with Crippen LogP contribution in [0.15, 0.2) is 42.6 Å². The number of hydrogen-bond donors (Lipinski definition) is 2. The smallest absolute Gasteiger partial charge is 0.255 e. The van der Waals surface area contributed by atoms with Gasteiger partial charge in [0.1, 0.15) is 5.82 Å². The van der Waals surface area contributed by atoms with E-state index in [1.165, 1.54) is 5.56 Å². The highest BCUT2D eigenvalue weighted by Crippen LogP contribution is 2.41. The Morgan fingerprint density at radius 1 is 1.16 bits per heavy atom. The molecule has 1 atom stereocenters. The Bertz CT molecular complexity index is 1180. The molecular weight excluding hydrogens is 408 g/mol. The average molecular weight is 434 g/mol. The molecule has 2 amide bonds. The van der Waals surface area contributed by atoms with Gasteiger partial charge in [0.15, 0.2) is 18.1 Å². The molecule has 3 aromatic rings. The van der Waals surface area contributed by atoms with Crippen LogP contribution in [-0.2, 0) is 9.59 Å². The van der Waals surface area contributed by atoms with E-state index in [1.807, 2.05) is 38.1 Å². The van der Waals surface area contributed by atoms with Gasteiger partial charge in [-0.1, -0.05) is 12.1 Å². The zero-order chi connectivity index (χ0) is 22.8. The third-order valence-electron chi connectivity index (χ3n) is 5.60. The number of hydrogen-bond acceptors (Lipinski definition) is 5. The largest absolute Gasteiger partial charge is 0.490 e. The number of ether oxygens (including phenoxy) is 2. The normalized spacial score (nSPS) is 15.1. The van der Waals surface area contributed by atoms with Gasteiger partial charge in [0, 0.05) is 17.9 Å². The predicted molar refractivity (Wildman–Crippen MR) is 120 cm³/mol. The molecule has 0 fully saturated rings. The minimum absolute atomic E-state index is 0.0832. The second-order valence-corrected chi connectivity index (χ2v) is 7.83. The van der Waals surface area contributed by atoms with Crippen molar-refractivity contribution in [3.8, 4) is 17.2 Å². The highest BCUT2D eigenvalue weighted by atomic mass is 16.5. The van der Waals surface area contributed by atoms with E-state index in [1.54, 1.807) is 16.9 Å². The number of nitrogens with zero attached hydrogens (tertiary/aromatic N) is 2. The van der Waals surface area contributed by atoms with E-state index in [4.69, 9.17) is 15.2 Å². The van der Waals surface area contributed by atoms with Gasteiger partial charge >= 0.3 is 0 Å². The molecule has 32 heavy (non-hydrogen) atoms. The van der Waals surface area contributed by atoms with Crippen LogP contribution in [0.5, 0.6) is 11.5 Å². The molecule has 0 aliphatic carbocycles. The fourth-order valence-corrected chi connectivity index (χ4v) is 3.85. The minimum atomic E-state index is -0.566. The first-order valence-electron chi connectivity index (χ1n) is 10.5. The summed E-state index contributed by atoms with van der Waals surface area (Å²) in [6, 6.07) is 11.5. The van der Waals surface area contributed by atoms with Gasteiger partial charge in [-0.25, -0.2) is 4.68 Å². The second kappa shape index (κ2) is 8.74. The molecule has 8 nitrogen and oxygen atoms in total. The first kappa shape index (κ1) is 21.4. The Kier molecular flexibility index (Phi) is 5.85. The SMILES string of the molecule is CCOc1cc(C2CC(=O)Nc3c2cnn3-c2ccc(C)c(C)c2)ccc1OCC(N)=O. The molecular formula is C24H26N4O4. The zero-order valence-electron chi connectivity index (χ0n) is 18.3. The zero-order valence-corrected chi connectivity index (χ0v) is 18.3. The van der Waals surface area contributed by atoms with Gasteiger partial charge in [0.2, 0.25) is 5.91 Å². The summed E-state index contributed by atoms with van der Waals surface area (Å²) in [5.74, 6) is 0.759. The predicted octanol–water partition coefficient (Wildman–Crippen LogP) is 3.23. The maximum Gasteiger partial charge on any atom is 0.255 e. The highest BCUT2D eigenvalue weighted by molar-refractivity contribution is 5.94. The summed E-state index contributed by atoms with van der Waals surface area (Å²) < 4.78 is 13.0. The maximum absolute atomic E-state index is 12.6. The lowest BCUT2D eigenvalue weighted by Crippen LogP contribution is -2.24. The quantitative estimate of drug-likeness (QED) is 0.594. The lowest BCUT2D eigenvalue weighted by atomic mass is 9.87. The van der Waals surface area contributed by atoms with Crippen LogP contribution in [0, 0.1) is 13.8 Å². The number of carbonyl (C=O) groups is 2. The molecule has 1 aromatic heterocycles. The van der Waals surface area contributed by atoms with Crippen molar-refractivity contribution in [2.45, 2.75) is 33.1 Å². The molecule has 166 valence electrons. The van der Waals surface area contributed by atoms with Crippen LogP contribution in [0.1, 0.15) is 41.5 Å². The molecule has 0 spiro atoms. The Hall–Kier alpha value is -3.81. The number of fused-ring (bicyclic) bond motifs is 1. The molecule has 3 N–H and O–H groups in total. The number of aromatic nitrogens is 2. The molecule has 1 aliphatic rings. The van der Waals surface area contributed by atoms with E-state index < -0.39 is 5.91 Å². The van der Waals surface area contributed by atoms with Gasteiger partial charge < -0.3 is 20.5 Å². The van der Waals surface area contributed by atoms with Gasteiger partial charge in [0.25, 0.3) is 5.91 Å². The fourth-order valence-electron chi connectivity index (χ4n) is 3.85. The minimum Gasteiger partial charge on any atom is -0.490 e. The third kappa shape index (κ3) is 4.16. The molecule has 1 aliphatic heterocycles.